The van der Waals surface area contributed by atoms with E-state index in [2.05, 4.69) is 21.6 Å². The van der Waals surface area contributed by atoms with Crippen molar-refractivity contribution in [2.45, 2.75) is 47.1 Å². The van der Waals surface area contributed by atoms with Crippen LogP contribution in [0.5, 0.6) is 0 Å². The van der Waals surface area contributed by atoms with Gasteiger partial charge in [0.15, 0.2) is 12.7 Å². The molecule has 0 saturated carbocycles. The lowest BCUT2D eigenvalue weighted by molar-refractivity contribution is -0.136. The van der Waals surface area contributed by atoms with Crippen LogP contribution in [0, 0.1) is 11.8 Å². The highest BCUT2D eigenvalue weighted by Gasteiger charge is 2.24. The maximum atomic E-state index is 13.0. The Balaban J connectivity index is 2.05. The zero-order valence-corrected chi connectivity index (χ0v) is 24.3. The number of benzene rings is 2. The SMILES string of the molecule is C/C=C(/C[C@@H](ONC(=O)c1cccc(C(=O)NOCC(=O)NCC(C)C)c1)C(=O)NCC(C)C)c1ccccc1N. The Morgan fingerprint density at radius 1 is 0.854 bits per heavy atom. The third-order valence-electron chi connectivity index (χ3n) is 5.79. The van der Waals surface area contributed by atoms with Gasteiger partial charge < -0.3 is 16.4 Å². The predicted octanol–water partition coefficient (Wildman–Crippen LogP) is 3.00. The molecule has 41 heavy (non-hydrogen) atoms. The Bertz CT molecular complexity index is 1230. The van der Waals surface area contributed by atoms with E-state index < -0.39 is 23.8 Å². The third kappa shape index (κ3) is 11.4. The summed E-state index contributed by atoms with van der Waals surface area (Å²) in [6.45, 7) is 10.3. The fourth-order valence-corrected chi connectivity index (χ4v) is 3.56. The molecule has 1 atom stereocenters. The first-order valence-electron chi connectivity index (χ1n) is 13.5. The number of anilines is 1. The molecule has 11 heteroatoms. The van der Waals surface area contributed by atoms with Crippen molar-refractivity contribution < 1.29 is 28.9 Å². The van der Waals surface area contributed by atoms with Crippen molar-refractivity contribution in [3.63, 3.8) is 0 Å². The van der Waals surface area contributed by atoms with Crippen LogP contribution in [-0.4, -0.2) is 49.4 Å². The van der Waals surface area contributed by atoms with Gasteiger partial charge >= 0.3 is 0 Å². The second-order valence-corrected chi connectivity index (χ2v) is 10.3. The summed E-state index contributed by atoms with van der Waals surface area (Å²) in [5, 5.41) is 5.51. The summed E-state index contributed by atoms with van der Waals surface area (Å²) in [5.41, 5.74) is 13.0. The van der Waals surface area contributed by atoms with Crippen molar-refractivity contribution >= 4 is 34.9 Å². The topological polar surface area (TPSA) is 161 Å². The van der Waals surface area contributed by atoms with E-state index in [4.69, 9.17) is 15.4 Å². The molecule has 222 valence electrons. The summed E-state index contributed by atoms with van der Waals surface area (Å²) in [7, 11) is 0. The molecule has 2 rings (SSSR count). The number of hydrogen-bond acceptors (Lipinski definition) is 7. The van der Waals surface area contributed by atoms with Gasteiger partial charge in [0.1, 0.15) is 0 Å². The number of allylic oxidation sites excluding steroid dienone is 1. The van der Waals surface area contributed by atoms with Crippen molar-refractivity contribution in [2.75, 3.05) is 25.4 Å². The Morgan fingerprint density at radius 2 is 1.46 bits per heavy atom. The number of rotatable bonds is 15. The molecular weight excluding hydrogens is 526 g/mol. The molecule has 2 aromatic rings. The van der Waals surface area contributed by atoms with Gasteiger partial charge in [-0.15, -0.1) is 0 Å². The van der Waals surface area contributed by atoms with Crippen LogP contribution < -0.4 is 27.3 Å². The Kier molecular flexibility index (Phi) is 13.5. The Labute approximate surface area is 241 Å². The van der Waals surface area contributed by atoms with Gasteiger partial charge in [-0.2, -0.15) is 0 Å². The second-order valence-electron chi connectivity index (χ2n) is 10.3. The van der Waals surface area contributed by atoms with E-state index in [-0.39, 0.29) is 41.9 Å². The van der Waals surface area contributed by atoms with Gasteiger partial charge in [0.2, 0.25) is 5.91 Å². The summed E-state index contributed by atoms with van der Waals surface area (Å²) in [5.74, 6) is -1.56. The fraction of sp³-hybridized carbons (Fsp3) is 0.400. The molecule has 0 aromatic heterocycles. The maximum absolute atomic E-state index is 13.0. The lowest BCUT2D eigenvalue weighted by Gasteiger charge is -2.20. The first kappa shape index (κ1) is 33.0. The number of nitrogen functional groups attached to an aromatic ring is 1. The second kappa shape index (κ2) is 16.8. The number of hydrogen-bond donors (Lipinski definition) is 5. The molecule has 0 saturated heterocycles. The quantitative estimate of drug-likeness (QED) is 0.163. The lowest BCUT2D eigenvalue weighted by atomic mass is 9.97. The molecule has 0 aliphatic carbocycles. The first-order chi connectivity index (χ1) is 19.5. The standard InChI is InChI=1S/C30H41N5O6/c1-6-21(24-12-7-8-13-25(24)31)15-26(30(39)33-17-20(4)5)41-35-29(38)23-11-9-10-22(14-23)28(37)34-40-18-27(36)32-16-19(2)3/h6-14,19-20,26H,15-18,31H2,1-5H3,(H,32,36)(H,33,39)(H,34,37)(H,35,38)/b21-6-/t26-/m1/s1. The van der Waals surface area contributed by atoms with Crippen molar-refractivity contribution in [3.8, 4) is 0 Å². The number of carbonyl (C=O) groups is 4. The molecule has 6 N–H and O–H groups in total. The molecule has 0 aliphatic rings. The van der Waals surface area contributed by atoms with E-state index in [1.54, 1.807) is 6.07 Å². The number of carbonyl (C=O) groups excluding carboxylic acids is 4. The van der Waals surface area contributed by atoms with Crippen LogP contribution in [0.25, 0.3) is 5.57 Å². The molecule has 0 radical (unpaired) electrons. The summed E-state index contributed by atoms with van der Waals surface area (Å²) >= 11 is 0. The van der Waals surface area contributed by atoms with E-state index in [9.17, 15) is 19.2 Å². The van der Waals surface area contributed by atoms with Gasteiger partial charge in [0.05, 0.1) is 0 Å². The largest absolute Gasteiger partial charge is 0.398 e. The molecule has 0 bridgehead atoms. The van der Waals surface area contributed by atoms with Gasteiger partial charge in [-0.25, -0.2) is 11.0 Å². The van der Waals surface area contributed by atoms with Crippen LogP contribution in [-0.2, 0) is 19.3 Å². The monoisotopic (exact) mass is 567 g/mol. The highest BCUT2D eigenvalue weighted by Crippen LogP contribution is 2.26. The number of amides is 4. The van der Waals surface area contributed by atoms with Crippen LogP contribution >= 0.6 is 0 Å². The predicted molar refractivity (Wildman–Crippen MR) is 157 cm³/mol. The highest BCUT2D eigenvalue weighted by atomic mass is 16.7. The molecule has 0 spiro atoms. The number of nitrogens with two attached hydrogens (primary N) is 1. The molecule has 11 nitrogen and oxygen atoms in total. The minimum atomic E-state index is -1.05. The smallest absolute Gasteiger partial charge is 0.274 e. The van der Waals surface area contributed by atoms with Crippen molar-refractivity contribution in [1.82, 2.24) is 21.6 Å². The van der Waals surface area contributed by atoms with Gasteiger partial charge in [-0.1, -0.05) is 58.0 Å². The highest BCUT2D eigenvalue weighted by molar-refractivity contribution is 5.99. The summed E-state index contributed by atoms with van der Waals surface area (Å²) in [6, 6.07) is 13.1. The van der Waals surface area contributed by atoms with Crippen molar-refractivity contribution in [1.29, 1.82) is 0 Å². The fourth-order valence-electron chi connectivity index (χ4n) is 3.56. The van der Waals surface area contributed by atoms with E-state index in [1.165, 1.54) is 24.3 Å². The van der Waals surface area contributed by atoms with E-state index >= 15 is 0 Å². The van der Waals surface area contributed by atoms with Crippen LogP contribution in [0.4, 0.5) is 5.69 Å². The molecule has 2 aromatic carbocycles. The average molecular weight is 568 g/mol. The number of nitrogens with one attached hydrogen (secondary N) is 4. The first-order valence-corrected chi connectivity index (χ1v) is 13.5. The molecule has 0 aliphatic heterocycles. The average Bonchev–Trinajstić information content (AvgIpc) is 2.95. The summed E-state index contributed by atoms with van der Waals surface area (Å²) in [6.07, 6.45) is 0.946. The summed E-state index contributed by atoms with van der Waals surface area (Å²) < 4.78 is 0. The Morgan fingerprint density at radius 3 is 2.07 bits per heavy atom. The van der Waals surface area contributed by atoms with Gasteiger partial charge in [0, 0.05) is 41.9 Å². The molecule has 0 heterocycles. The van der Waals surface area contributed by atoms with Gasteiger partial charge in [-0.3, -0.25) is 28.9 Å². The number of para-hydroxylation sites is 1. The van der Waals surface area contributed by atoms with Crippen LogP contribution in [0.2, 0.25) is 0 Å². The molecule has 4 amide bonds. The zero-order chi connectivity index (χ0) is 30.4. The van der Waals surface area contributed by atoms with E-state index in [0.717, 1.165) is 11.1 Å². The molecule has 0 unspecified atom stereocenters. The maximum Gasteiger partial charge on any atom is 0.274 e. The minimum absolute atomic E-state index is 0.118. The van der Waals surface area contributed by atoms with Crippen molar-refractivity contribution in [2.24, 2.45) is 11.8 Å². The normalized spacial score (nSPS) is 12.1. The van der Waals surface area contributed by atoms with Gasteiger partial charge in [-0.05, 0) is 48.6 Å². The third-order valence-corrected chi connectivity index (χ3v) is 5.79. The van der Waals surface area contributed by atoms with E-state index in [0.29, 0.717) is 18.8 Å². The van der Waals surface area contributed by atoms with Crippen molar-refractivity contribution in [3.05, 3.63) is 71.3 Å². The Hall–Kier alpha value is -4.22. The summed E-state index contributed by atoms with van der Waals surface area (Å²) in [4.78, 5) is 60.7. The zero-order valence-electron chi connectivity index (χ0n) is 24.3. The molecule has 0 fully saturated rings. The minimum Gasteiger partial charge on any atom is -0.398 e. The van der Waals surface area contributed by atoms with E-state index in [1.807, 2.05) is 58.9 Å². The molecular formula is C30H41N5O6. The van der Waals surface area contributed by atoms with Gasteiger partial charge in [0.25, 0.3) is 17.7 Å². The van der Waals surface area contributed by atoms with Crippen LogP contribution in [0.3, 0.4) is 0 Å². The lowest BCUT2D eigenvalue weighted by Crippen LogP contribution is -2.42. The van der Waals surface area contributed by atoms with Crippen LogP contribution in [0.1, 0.15) is 67.3 Å². The van der Waals surface area contributed by atoms with Crippen LogP contribution in [0.15, 0.2) is 54.6 Å². The number of hydroxylamine groups is 2.